The number of hydrogen-bond acceptors (Lipinski definition) is 8. The van der Waals surface area contributed by atoms with Gasteiger partial charge in [0.1, 0.15) is 18.1 Å². The standard InChI is InChI=1S/C24H30N8O6S/c25-15(5-12-8-28-16-4-2-1-3-14(12)16)21(34)30-18(7-20(26)33)23(36)31-17(6-13-9-27-11-29-13)22(35)32-19(10-39)24(37)38/h1-4,8-9,11,15,17-19,28,39H,5-7,10,25H2,(H2,26,33)(H,27,29)(H,30,34)(H,31,36)(H,32,35)(H,37,38). The van der Waals surface area contributed by atoms with Gasteiger partial charge in [0.05, 0.1) is 18.8 Å². The van der Waals surface area contributed by atoms with Crippen molar-refractivity contribution in [1.82, 2.24) is 30.9 Å². The third-order valence-corrected chi connectivity index (χ3v) is 6.26. The Morgan fingerprint density at radius 2 is 1.62 bits per heavy atom. The lowest BCUT2D eigenvalue weighted by Gasteiger charge is -2.24. The molecule has 4 amide bonds. The van der Waals surface area contributed by atoms with Crippen LogP contribution in [0.5, 0.6) is 0 Å². The molecule has 15 heteroatoms. The van der Waals surface area contributed by atoms with Crippen LogP contribution < -0.4 is 27.4 Å². The number of carbonyl (C=O) groups is 5. The molecular formula is C24H30N8O6S. The van der Waals surface area contributed by atoms with E-state index in [1.54, 1.807) is 6.20 Å². The van der Waals surface area contributed by atoms with Crippen LogP contribution in [0.25, 0.3) is 10.9 Å². The van der Waals surface area contributed by atoms with Gasteiger partial charge < -0.3 is 42.5 Å². The van der Waals surface area contributed by atoms with Crippen molar-refractivity contribution in [2.75, 3.05) is 5.75 Å². The fourth-order valence-corrected chi connectivity index (χ4v) is 4.12. The summed E-state index contributed by atoms with van der Waals surface area (Å²) >= 11 is 3.92. The summed E-state index contributed by atoms with van der Waals surface area (Å²) in [7, 11) is 0. The van der Waals surface area contributed by atoms with E-state index in [4.69, 9.17) is 11.5 Å². The second kappa shape index (κ2) is 13.4. The van der Waals surface area contributed by atoms with E-state index in [2.05, 4.69) is 43.5 Å². The normalized spacial score (nSPS) is 14.1. The van der Waals surface area contributed by atoms with E-state index in [0.717, 1.165) is 16.5 Å². The average molecular weight is 559 g/mol. The zero-order valence-corrected chi connectivity index (χ0v) is 21.6. The minimum absolute atomic E-state index is 0.0895. The minimum Gasteiger partial charge on any atom is -0.480 e. The van der Waals surface area contributed by atoms with E-state index < -0.39 is 60.2 Å². The van der Waals surface area contributed by atoms with Crippen LogP contribution in [0.4, 0.5) is 0 Å². The number of carbonyl (C=O) groups excluding carboxylic acids is 4. The number of benzene rings is 1. The number of amides is 4. The largest absolute Gasteiger partial charge is 0.480 e. The van der Waals surface area contributed by atoms with Gasteiger partial charge in [-0.15, -0.1) is 0 Å². The first-order chi connectivity index (χ1) is 18.6. The fraction of sp³-hybridized carbons (Fsp3) is 0.333. The Labute approximate surface area is 228 Å². The van der Waals surface area contributed by atoms with Crippen LogP contribution >= 0.6 is 12.6 Å². The summed E-state index contributed by atoms with van der Waals surface area (Å²) in [4.78, 5) is 71.7. The summed E-state index contributed by atoms with van der Waals surface area (Å²) in [6.45, 7) is 0. The van der Waals surface area contributed by atoms with E-state index in [1.807, 2.05) is 24.3 Å². The second-order valence-corrected chi connectivity index (χ2v) is 9.19. The van der Waals surface area contributed by atoms with Crippen molar-refractivity contribution in [1.29, 1.82) is 0 Å². The zero-order chi connectivity index (χ0) is 28.5. The Hall–Kier alpha value is -4.37. The summed E-state index contributed by atoms with van der Waals surface area (Å²) < 4.78 is 0. The number of nitrogens with one attached hydrogen (secondary N) is 5. The molecule has 1 aromatic carbocycles. The van der Waals surface area contributed by atoms with Crippen LogP contribution in [-0.2, 0) is 36.8 Å². The van der Waals surface area contributed by atoms with Crippen molar-refractivity contribution in [2.45, 2.75) is 43.4 Å². The maximum Gasteiger partial charge on any atom is 0.327 e. The monoisotopic (exact) mass is 558 g/mol. The number of carboxylic acids is 1. The molecule has 2 heterocycles. The molecule has 2 aromatic heterocycles. The van der Waals surface area contributed by atoms with Gasteiger partial charge in [-0.25, -0.2) is 9.78 Å². The number of thiol groups is 1. The summed E-state index contributed by atoms with van der Waals surface area (Å²) in [6.07, 6.45) is 4.01. The van der Waals surface area contributed by atoms with E-state index in [9.17, 15) is 29.1 Å². The fourth-order valence-electron chi connectivity index (χ4n) is 3.87. The molecule has 3 aromatic rings. The number of carboxylic acid groups (broad SMARTS) is 1. The minimum atomic E-state index is -1.44. The number of nitrogens with zero attached hydrogens (tertiary/aromatic N) is 1. The predicted octanol–water partition coefficient (Wildman–Crippen LogP) is -1.65. The van der Waals surface area contributed by atoms with E-state index in [0.29, 0.717) is 5.69 Å². The van der Waals surface area contributed by atoms with Crippen molar-refractivity contribution in [3.8, 4) is 0 Å². The highest BCUT2D eigenvalue weighted by Crippen LogP contribution is 2.18. The molecule has 0 fully saturated rings. The first-order valence-electron chi connectivity index (χ1n) is 11.9. The highest BCUT2D eigenvalue weighted by molar-refractivity contribution is 7.80. The summed E-state index contributed by atoms with van der Waals surface area (Å²) in [5.41, 5.74) is 13.5. The van der Waals surface area contributed by atoms with E-state index >= 15 is 0 Å². The highest BCUT2D eigenvalue weighted by Gasteiger charge is 2.31. The number of fused-ring (bicyclic) bond motifs is 1. The molecule has 0 radical (unpaired) electrons. The van der Waals surface area contributed by atoms with Crippen molar-refractivity contribution < 1.29 is 29.1 Å². The molecule has 0 aliphatic carbocycles. The van der Waals surface area contributed by atoms with Crippen LogP contribution in [-0.4, -0.2) is 79.6 Å². The molecule has 3 rings (SSSR count). The Morgan fingerprint density at radius 3 is 2.26 bits per heavy atom. The van der Waals surface area contributed by atoms with Gasteiger partial charge in [-0.05, 0) is 18.1 Å². The van der Waals surface area contributed by atoms with Crippen molar-refractivity contribution in [3.05, 3.63) is 54.2 Å². The molecule has 208 valence electrons. The molecule has 10 N–H and O–H groups in total. The van der Waals surface area contributed by atoms with Gasteiger partial charge >= 0.3 is 5.97 Å². The Morgan fingerprint density at radius 1 is 0.949 bits per heavy atom. The summed E-state index contributed by atoms with van der Waals surface area (Å²) in [6, 6.07) is 2.36. The average Bonchev–Trinajstić information content (AvgIpc) is 3.56. The van der Waals surface area contributed by atoms with E-state index in [1.165, 1.54) is 12.5 Å². The number of para-hydroxylation sites is 1. The quantitative estimate of drug-likeness (QED) is 0.104. The number of H-pyrrole nitrogens is 2. The van der Waals surface area contributed by atoms with Gasteiger partial charge in [0.2, 0.25) is 23.6 Å². The second-order valence-electron chi connectivity index (χ2n) is 8.83. The maximum absolute atomic E-state index is 13.1. The van der Waals surface area contributed by atoms with Crippen molar-refractivity contribution in [3.63, 3.8) is 0 Å². The number of aromatic amines is 2. The molecular weight excluding hydrogens is 528 g/mol. The number of rotatable bonds is 14. The summed E-state index contributed by atoms with van der Waals surface area (Å²) in [5, 5.41) is 17.3. The molecule has 0 aliphatic rings. The molecule has 0 saturated carbocycles. The Kier molecular flexibility index (Phi) is 10.1. The third kappa shape index (κ3) is 8.05. The van der Waals surface area contributed by atoms with Crippen LogP contribution in [0.3, 0.4) is 0 Å². The van der Waals surface area contributed by atoms with Gasteiger partial charge in [-0.3, -0.25) is 19.2 Å². The number of nitrogens with two attached hydrogens (primary N) is 2. The maximum atomic E-state index is 13.1. The molecule has 0 saturated heterocycles. The van der Waals surface area contributed by atoms with Crippen LogP contribution in [0.1, 0.15) is 17.7 Å². The van der Waals surface area contributed by atoms with Crippen LogP contribution in [0, 0.1) is 0 Å². The molecule has 39 heavy (non-hydrogen) atoms. The SMILES string of the molecule is NC(=O)CC(NC(=O)C(N)Cc1c[nH]c2ccccc12)C(=O)NC(Cc1cnc[nH]1)C(=O)NC(CS)C(=O)O. The zero-order valence-electron chi connectivity index (χ0n) is 20.7. The molecule has 14 nitrogen and oxygen atoms in total. The smallest absolute Gasteiger partial charge is 0.327 e. The Balaban J connectivity index is 1.72. The number of aromatic nitrogens is 3. The number of hydrogen-bond donors (Lipinski definition) is 9. The lowest BCUT2D eigenvalue weighted by atomic mass is 10.0. The number of imidazole rings is 1. The van der Waals surface area contributed by atoms with Crippen LogP contribution in [0.2, 0.25) is 0 Å². The highest BCUT2D eigenvalue weighted by atomic mass is 32.1. The lowest BCUT2D eigenvalue weighted by molar-refractivity contribution is -0.141. The molecule has 4 atom stereocenters. The molecule has 0 aliphatic heterocycles. The lowest BCUT2D eigenvalue weighted by Crippen LogP contribution is -2.58. The number of primary amides is 1. The molecule has 0 spiro atoms. The van der Waals surface area contributed by atoms with Gasteiger partial charge in [-0.1, -0.05) is 18.2 Å². The van der Waals surface area contributed by atoms with Gasteiger partial charge in [0.25, 0.3) is 0 Å². The van der Waals surface area contributed by atoms with Crippen molar-refractivity contribution >= 4 is 53.1 Å². The number of aliphatic carboxylic acids is 1. The van der Waals surface area contributed by atoms with Crippen LogP contribution in [0.15, 0.2) is 43.0 Å². The topological polar surface area (TPSA) is 238 Å². The first-order valence-corrected chi connectivity index (χ1v) is 12.5. The summed E-state index contributed by atoms with van der Waals surface area (Å²) in [5.74, 6) is -4.81. The first kappa shape index (κ1) is 29.2. The van der Waals surface area contributed by atoms with E-state index in [-0.39, 0.29) is 18.6 Å². The predicted molar refractivity (Wildman–Crippen MR) is 143 cm³/mol. The van der Waals surface area contributed by atoms with Gasteiger partial charge in [-0.2, -0.15) is 12.6 Å². The third-order valence-electron chi connectivity index (χ3n) is 5.90. The van der Waals surface area contributed by atoms with Crippen molar-refractivity contribution in [2.24, 2.45) is 11.5 Å². The molecule has 0 bridgehead atoms. The van der Waals surface area contributed by atoms with Gasteiger partial charge in [0.15, 0.2) is 0 Å². The van der Waals surface area contributed by atoms with Gasteiger partial charge in [0, 0.05) is 41.2 Å². The Bertz CT molecular complexity index is 1330. The molecule has 4 unspecified atom stereocenters.